The Hall–Kier alpha value is -2.48. The number of carbonyl (C=O) groups excluding carboxylic acids is 1. The van der Waals surface area contributed by atoms with Gasteiger partial charge in [-0.25, -0.2) is 9.78 Å². The van der Waals surface area contributed by atoms with Crippen LogP contribution in [0.2, 0.25) is 5.02 Å². The summed E-state index contributed by atoms with van der Waals surface area (Å²) in [6.45, 7) is 0.947. The van der Waals surface area contributed by atoms with E-state index in [1.54, 1.807) is 29.2 Å². The van der Waals surface area contributed by atoms with Gasteiger partial charge in [0.2, 0.25) is 0 Å². The molecule has 0 radical (unpaired) electrons. The van der Waals surface area contributed by atoms with Crippen LogP contribution >= 0.6 is 11.6 Å². The van der Waals surface area contributed by atoms with Crippen molar-refractivity contribution in [3.63, 3.8) is 0 Å². The van der Waals surface area contributed by atoms with Gasteiger partial charge in [0.15, 0.2) is 0 Å². The van der Waals surface area contributed by atoms with Crippen LogP contribution in [0.3, 0.4) is 0 Å². The van der Waals surface area contributed by atoms with Crippen molar-refractivity contribution >= 4 is 29.1 Å². The summed E-state index contributed by atoms with van der Waals surface area (Å²) in [5.41, 5.74) is -0.210. The van der Waals surface area contributed by atoms with Crippen molar-refractivity contribution in [3.8, 4) is 0 Å². The van der Waals surface area contributed by atoms with Gasteiger partial charge in [0, 0.05) is 30.0 Å². The van der Waals surface area contributed by atoms with E-state index in [1.165, 1.54) is 6.07 Å². The normalized spacial score (nSPS) is 14.8. The van der Waals surface area contributed by atoms with Crippen LogP contribution in [0.15, 0.2) is 42.6 Å². The smallest absolute Gasteiger partial charge is 0.352 e. The molecule has 1 aliphatic rings. The third-order valence-corrected chi connectivity index (χ3v) is 3.93. The Morgan fingerprint density at radius 2 is 2.00 bits per heavy atom. The first kappa shape index (κ1) is 17.3. The number of nitrogens with zero attached hydrogens (tertiary/aromatic N) is 2. The Bertz CT molecular complexity index is 761. The molecule has 0 bridgehead atoms. The second kappa shape index (κ2) is 6.79. The zero-order valence-electron chi connectivity index (χ0n) is 12.8. The van der Waals surface area contributed by atoms with E-state index in [-0.39, 0.29) is 12.1 Å². The minimum absolute atomic E-state index is 0.108. The highest BCUT2D eigenvalue weighted by Crippen LogP contribution is 2.30. The second-order valence-electron chi connectivity index (χ2n) is 5.61. The van der Waals surface area contributed by atoms with E-state index in [1.807, 2.05) is 0 Å². The molecule has 1 aromatic carbocycles. The summed E-state index contributed by atoms with van der Waals surface area (Å²) in [4.78, 5) is 17.5. The van der Waals surface area contributed by atoms with Crippen LogP contribution in [-0.4, -0.2) is 30.1 Å². The molecule has 2 N–H and O–H groups in total. The number of pyridine rings is 1. The zero-order chi connectivity index (χ0) is 18.0. The molecule has 0 saturated carbocycles. The third kappa shape index (κ3) is 4.33. The molecule has 3 rings (SSSR count). The van der Waals surface area contributed by atoms with Crippen LogP contribution in [-0.2, 0) is 6.18 Å². The number of urea groups is 1. The molecule has 9 heteroatoms. The molecule has 0 aliphatic carbocycles. The molecule has 25 heavy (non-hydrogen) atoms. The van der Waals surface area contributed by atoms with Crippen molar-refractivity contribution in [3.05, 3.63) is 53.2 Å². The van der Waals surface area contributed by atoms with Gasteiger partial charge in [0.25, 0.3) is 0 Å². The van der Waals surface area contributed by atoms with Crippen LogP contribution in [0.1, 0.15) is 5.56 Å². The SMILES string of the molecule is O=C(Nc1cccc(Cl)c1)NC1CN(c2ccc(C(F)(F)F)cn2)C1. The lowest BCUT2D eigenvalue weighted by Gasteiger charge is -2.40. The average Bonchev–Trinajstić information content (AvgIpc) is 2.50. The summed E-state index contributed by atoms with van der Waals surface area (Å²) in [6, 6.07) is 8.60. The molecule has 0 unspecified atom stereocenters. The number of hydrogen-bond donors (Lipinski definition) is 2. The minimum Gasteiger partial charge on any atom is -0.352 e. The predicted molar refractivity (Wildman–Crippen MR) is 88.8 cm³/mol. The number of rotatable bonds is 3. The monoisotopic (exact) mass is 370 g/mol. The maximum absolute atomic E-state index is 12.5. The Balaban J connectivity index is 1.48. The van der Waals surface area contributed by atoms with Crippen molar-refractivity contribution in [2.75, 3.05) is 23.3 Å². The standard InChI is InChI=1S/C16H14ClF3N4O/c17-11-2-1-3-12(6-11)22-15(25)23-13-8-24(9-13)14-5-4-10(7-21-14)16(18,19)20/h1-7,13H,8-9H2,(H2,22,23,25). The lowest BCUT2D eigenvalue weighted by Crippen LogP contribution is -2.60. The van der Waals surface area contributed by atoms with E-state index in [0.29, 0.717) is 29.6 Å². The number of aromatic nitrogens is 1. The van der Waals surface area contributed by atoms with E-state index in [0.717, 1.165) is 12.3 Å². The third-order valence-electron chi connectivity index (χ3n) is 3.70. The number of halogens is 4. The average molecular weight is 371 g/mol. The molecule has 1 fully saturated rings. The number of anilines is 2. The van der Waals surface area contributed by atoms with Gasteiger partial charge in [-0.05, 0) is 30.3 Å². The summed E-state index contributed by atoms with van der Waals surface area (Å²) in [5, 5.41) is 5.96. The van der Waals surface area contributed by atoms with Crippen LogP contribution in [0, 0.1) is 0 Å². The zero-order valence-corrected chi connectivity index (χ0v) is 13.6. The van der Waals surface area contributed by atoms with E-state index in [9.17, 15) is 18.0 Å². The number of carbonyl (C=O) groups is 1. The second-order valence-corrected chi connectivity index (χ2v) is 6.05. The Kier molecular flexibility index (Phi) is 4.71. The highest BCUT2D eigenvalue weighted by Gasteiger charge is 2.32. The molecule has 1 saturated heterocycles. The minimum atomic E-state index is -4.40. The molecular weight excluding hydrogens is 357 g/mol. The number of nitrogens with one attached hydrogen (secondary N) is 2. The first-order valence-corrected chi connectivity index (χ1v) is 7.80. The molecule has 2 aromatic rings. The molecular formula is C16H14ClF3N4O. The molecule has 1 aromatic heterocycles. The summed E-state index contributed by atoms with van der Waals surface area (Å²) in [7, 11) is 0. The fourth-order valence-electron chi connectivity index (χ4n) is 2.42. The lowest BCUT2D eigenvalue weighted by molar-refractivity contribution is -0.137. The molecule has 0 atom stereocenters. The van der Waals surface area contributed by atoms with Gasteiger partial charge in [0.1, 0.15) is 5.82 Å². The highest BCUT2D eigenvalue weighted by atomic mass is 35.5. The lowest BCUT2D eigenvalue weighted by atomic mass is 10.1. The van der Waals surface area contributed by atoms with E-state index in [4.69, 9.17) is 11.6 Å². The maximum Gasteiger partial charge on any atom is 0.417 e. The van der Waals surface area contributed by atoms with Crippen LogP contribution in [0.4, 0.5) is 29.5 Å². The molecule has 0 spiro atoms. The van der Waals surface area contributed by atoms with Crippen molar-refractivity contribution in [2.45, 2.75) is 12.2 Å². The quantitative estimate of drug-likeness (QED) is 0.864. The van der Waals surface area contributed by atoms with Gasteiger partial charge < -0.3 is 15.5 Å². The number of hydrogen-bond acceptors (Lipinski definition) is 3. The molecule has 1 aliphatic heterocycles. The summed E-state index contributed by atoms with van der Waals surface area (Å²) < 4.78 is 37.5. The fraction of sp³-hybridized carbons (Fsp3) is 0.250. The van der Waals surface area contributed by atoms with E-state index in [2.05, 4.69) is 15.6 Å². The fourth-order valence-corrected chi connectivity index (χ4v) is 2.61. The summed E-state index contributed by atoms with van der Waals surface area (Å²) >= 11 is 5.84. The van der Waals surface area contributed by atoms with Crippen molar-refractivity contribution in [2.24, 2.45) is 0 Å². The number of amides is 2. The van der Waals surface area contributed by atoms with Gasteiger partial charge in [0.05, 0.1) is 11.6 Å². The summed E-state index contributed by atoms with van der Waals surface area (Å²) in [5.74, 6) is 0.446. The number of alkyl halides is 3. The Morgan fingerprint density at radius 1 is 1.24 bits per heavy atom. The Morgan fingerprint density at radius 3 is 2.60 bits per heavy atom. The van der Waals surface area contributed by atoms with Gasteiger partial charge in [-0.3, -0.25) is 0 Å². The molecule has 2 heterocycles. The molecule has 5 nitrogen and oxygen atoms in total. The van der Waals surface area contributed by atoms with Gasteiger partial charge >= 0.3 is 12.2 Å². The largest absolute Gasteiger partial charge is 0.417 e. The first-order chi connectivity index (χ1) is 11.8. The predicted octanol–water partition coefficient (Wildman–Crippen LogP) is 3.76. The van der Waals surface area contributed by atoms with Crippen molar-refractivity contribution < 1.29 is 18.0 Å². The van der Waals surface area contributed by atoms with Gasteiger partial charge in [-0.1, -0.05) is 17.7 Å². The number of benzene rings is 1. The van der Waals surface area contributed by atoms with Crippen LogP contribution < -0.4 is 15.5 Å². The maximum atomic E-state index is 12.5. The van der Waals surface area contributed by atoms with Crippen LogP contribution in [0.5, 0.6) is 0 Å². The molecule has 132 valence electrons. The summed E-state index contributed by atoms with van der Waals surface area (Å²) in [6.07, 6.45) is -3.59. The van der Waals surface area contributed by atoms with E-state index >= 15 is 0 Å². The van der Waals surface area contributed by atoms with Crippen molar-refractivity contribution in [1.82, 2.24) is 10.3 Å². The van der Waals surface area contributed by atoms with Crippen molar-refractivity contribution in [1.29, 1.82) is 0 Å². The topological polar surface area (TPSA) is 57.3 Å². The Labute approximate surface area is 146 Å². The van der Waals surface area contributed by atoms with Gasteiger partial charge in [-0.15, -0.1) is 0 Å². The first-order valence-electron chi connectivity index (χ1n) is 7.42. The highest BCUT2D eigenvalue weighted by molar-refractivity contribution is 6.30. The van der Waals surface area contributed by atoms with Crippen LogP contribution in [0.25, 0.3) is 0 Å². The van der Waals surface area contributed by atoms with E-state index < -0.39 is 11.7 Å². The van der Waals surface area contributed by atoms with Gasteiger partial charge in [-0.2, -0.15) is 13.2 Å². The molecule has 2 amide bonds.